The second-order valence-corrected chi connectivity index (χ2v) is 6.98. The lowest BCUT2D eigenvalue weighted by Crippen LogP contribution is -2.63. The first kappa shape index (κ1) is 17.4. The topological polar surface area (TPSA) is 96.2 Å². The van der Waals surface area contributed by atoms with Crippen molar-refractivity contribution < 1.29 is 29.6 Å². The van der Waals surface area contributed by atoms with E-state index in [1.165, 1.54) is 6.92 Å². The zero-order valence-electron chi connectivity index (χ0n) is 14.0. The fourth-order valence-electron chi connectivity index (χ4n) is 3.65. The second kappa shape index (κ2) is 6.11. The molecule has 1 saturated carbocycles. The van der Waals surface area contributed by atoms with Crippen LogP contribution >= 0.6 is 0 Å². The number of fused-ring (bicyclic) bond motifs is 2. The normalized spacial score (nSPS) is 42.8. The van der Waals surface area contributed by atoms with Gasteiger partial charge in [-0.3, -0.25) is 4.79 Å². The molecule has 1 aliphatic heterocycles. The molecule has 1 fully saturated rings. The van der Waals surface area contributed by atoms with Crippen LogP contribution in [0.2, 0.25) is 0 Å². The highest BCUT2D eigenvalue weighted by Crippen LogP contribution is 2.40. The summed E-state index contributed by atoms with van der Waals surface area (Å²) in [5.41, 5.74) is -0.0319. The van der Waals surface area contributed by atoms with E-state index in [4.69, 9.17) is 9.47 Å². The van der Waals surface area contributed by atoms with E-state index in [1.54, 1.807) is 6.92 Å². The van der Waals surface area contributed by atoms with Crippen LogP contribution in [0.3, 0.4) is 0 Å². The van der Waals surface area contributed by atoms with E-state index >= 15 is 0 Å². The number of benzene rings is 1. The predicted octanol–water partition coefficient (Wildman–Crippen LogP) is 1.24. The zero-order valence-corrected chi connectivity index (χ0v) is 14.0. The molecule has 0 spiro atoms. The molecule has 0 amide bonds. The number of aliphatic hydroxyl groups is 3. The number of carbonyl (C=O) groups is 1. The Hall–Kier alpha value is -1.47. The smallest absolute Gasteiger partial charge is 0.312 e. The number of hydrogen-bond acceptors (Lipinski definition) is 6. The third-order valence-electron chi connectivity index (χ3n) is 5.29. The highest BCUT2D eigenvalue weighted by Gasteiger charge is 2.54. The number of rotatable bonds is 0. The molecule has 6 heteroatoms. The van der Waals surface area contributed by atoms with E-state index in [9.17, 15) is 20.1 Å². The number of cyclic esters (lactones) is 1. The Morgan fingerprint density at radius 3 is 2.33 bits per heavy atom. The molecule has 2 aliphatic rings. The lowest BCUT2D eigenvalue weighted by Gasteiger charge is -2.46. The standard InChI is InChI=1S/C18H24O6/c1-9-11-6-4-5-7-12(11)10(2)24-17(21)13-8-14(19)18(3,22)16(20)15(13)23-9/h4-7,9-10,13-16,19-20,22H,8H2,1-3H3/t9-,10+,13+,14+,15+,16-,18+/m1/s1. The monoisotopic (exact) mass is 336 g/mol. The van der Waals surface area contributed by atoms with Gasteiger partial charge in [0.15, 0.2) is 0 Å². The van der Waals surface area contributed by atoms with Crippen LogP contribution < -0.4 is 0 Å². The number of ether oxygens (including phenoxy) is 2. The minimum absolute atomic E-state index is 0.0245. The van der Waals surface area contributed by atoms with Gasteiger partial charge in [-0.2, -0.15) is 0 Å². The third kappa shape index (κ3) is 2.73. The van der Waals surface area contributed by atoms with E-state index in [0.717, 1.165) is 11.1 Å². The summed E-state index contributed by atoms with van der Waals surface area (Å²) in [6.45, 7) is 4.97. The maximum Gasteiger partial charge on any atom is 0.312 e. The number of carbonyl (C=O) groups excluding carboxylic acids is 1. The van der Waals surface area contributed by atoms with Gasteiger partial charge in [0.25, 0.3) is 0 Å². The van der Waals surface area contributed by atoms with Gasteiger partial charge >= 0.3 is 5.97 Å². The van der Waals surface area contributed by atoms with Gasteiger partial charge in [-0.1, -0.05) is 24.3 Å². The first-order valence-electron chi connectivity index (χ1n) is 8.26. The summed E-state index contributed by atoms with van der Waals surface area (Å²) in [4.78, 5) is 12.6. The minimum Gasteiger partial charge on any atom is -0.457 e. The van der Waals surface area contributed by atoms with Crippen molar-refractivity contribution in [2.24, 2.45) is 5.92 Å². The van der Waals surface area contributed by atoms with E-state index in [0.29, 0.717) is 0 Å². The molecule has 6 nitrogen and oxygen atoms in total. The Morgan fingerprint density at radius 2 is 1.71 bits per heavy atom. The van der Waals surface area contributed by atoms with Crippen molar-refractivity contribution >= 4 is 5.97 Å². The van der Waals surface area contributed by atoms with Crippen LogP contribution in [0.1, 0.15) is 50.5 Å². The molecule has 0 unspecified atom stereocenters. The summed E-state index contributed by atoms with van der Waals surface area (Å²) < 4.78 is 11.6. The number of esters is 1. The van der Waals surface area contributed by atoms with E-state index in [-0.39, 0.29) is 6.42 Å². The Kier molecular flexibility index (Phi) is 4.42. The molecule has 0 radical (unpaired) electrons. The molecule has 3 rings (SSSR count). The maximum absolute atomic E-state index is 12.6. The van der Waals surface area contributed by atoms with Crippen LogP contribution in [0.5, 0.6) is 0 Å². The first-order chi connectivity index (χ1) is 11.2. The van der Waals surface area contributed by atoms with Crippen molar-refractivity contribution in [1.29, 1.82) is 0 Å². The van der Waals surface area contributed by atoms with Crippen molar-refractivity contribution in [2.45, 2.75) is 63.3 Å². The van der Waals surface area contributed by atoms with Crippen molar-refractivity contribution in [3.63, 3.8) is 0 Å². The van der Waals surface area contributed by atoms with Crippen LogP contribution in [0.25, 0.3) is 0 Å². The van der Waals surface area contributed by atoms with Gasteiger partial charge in [-0.25, -0.2) is 0 Å². The molecular weight excluding hydrogens is 312 g/mol. The summed E-state index contributed by atoms with van der Waals surface area (Å²) in [6, 6.07) is 7.51. The Labute approximate surface area is 141 Å². The van der Waals surface area contributed by atoms with E-state index < -0.39 is 48.0 Å². The number of aliphatic hydroxyl groups excluding tert-OH is 2. The lowest BCUT2D eigenvalue weighted by molar-refractivity contribution is -0.234. The maximum atomic E-state index is 12.6. The molecule has 7 atom stereocenters. The molecule has 0 aromatic heterocycles. The van der Waals surface area contributed by atoms with Crippen molar-refractivity contribution in [3.05, 3.63) is 35.4 Å². The third-order valence-corrected chi connectivity index (χ3v) is 5.29. The molecule has 3 N–H and O–H groups in total. The van der Waals surface area contributed by atoms with Gasteiger partial charge in [0.1, 0.15) is 23.9 Å². The van der Waals surface area contributed by atoms with Crippen molar-refractivity contribution in [3.8, 4) is 0 Å². The summed E-state index contributed by atoms with van der Waals surface area (Å²) in [5.74, 6) is -1.38. The van der Waals surface area contributed by atoms with Gasteiger partial charge < -0.3 is 24.8 Å². The highest BCUT2D eigenvalue weighted by atomic mass is 16.6. The summed E-state index contributed by atoms with van der Waals surface area (Å²) in [5, 5.41) is 31.0. The van der Waals surface area contributed by atoms with Gasteiger partial charge in [-0.15, -0.1) is 0 Å². The van der Waals surface area contributed by atoms with Crippen LogP contribution in [-0.2, 0) is 14.3 Å². The van der Waals surface area contributed by atoms with Crippen LogP contribution in [-0.4, -0.2) is 45.2 Å². The fraction of sp³-hybridized carbons (Fsp3) is 0.611. The average molecular weight is 336 g/mol. The van der Waals surface area contributed by atoms with Crippen LogP contribution in [0.15, 0.2) is 24.3 Å². The molecule has 24 heavy (non-hydrogen) atoms. The van der Waals surface area contributed by atoms with Crippen molar-refractivity contribution in [1.82, 2.24) is 0 Å². The highest BCUT2D eigenvalue weighted by molar-refractivity contribution is 5.74. The molecule has 0 saturated heterocycles. The molecule has 1 heterocycles. The van der Waals surface area contributed by atoms with Gasteiger partial charge in [0, 0.05) is 0 Å². The predicted molar refractivity (Wildman–Crippen MR) is 85.0 cm³/mol. The van der Waals surface area contributed by atoms with Gasteiger partial charge in [0.2, 0.25) is 0 Å². The van der Waals surface area contributed by atoms with Gasteiger partial charge in [0.05, 0.1) is 18.1 Å². The van der Waals surface area contributed by atoms with Crippen LogP contribution in [0, 0.1) is 5.92 Å². The van der Waals surface area contributed by atoms with E-state index in [1.807, 2.05) is 31.2 Å². The Morgan fingerprint density at radius 1 is 1.12 bits per heavy atom. The zero-order chi connectivity index (χ0) is 17.6. The summed E-state index contributed by atoms with van der Waals surface area (Å²) >= 11 is 0. The minimum atomic E-state index is -1.75. The Bertz CT molecular complexity index is 628. The van der Waals surface area contributed by atoms with E-state index in [2.05, 4.69) is 0 Å². The molecule has 132 valence electrons. The summed E-state index contributed by atoms with van der Waals surface area (Å²) in [7, 11) is 0. The SMILES string of the molecule is C[C@@H]1OC(=O)[C@H]2C[C@H](O)[C@](C)(O)[C@H](O)[C@H]2O[C@H](C)c2ccccc21. The second-order valence-electron chi connectivity index (χ2n) is 6.98. The Balaban J connectivity index is 2.03. The fourth-order valence-corrected chi connectivity index (χ4v) is 3.65. The molecule has 1 aromatic rings. The largest absolute Gasteiger partial charge is 0.457 e. The molecule has 1 aliphatic carbocycles. The first-order valence-corrected chi connectivity index (χ1v) is 8.26. The average Bonchev–Trinajstić information content (AvgIpc) is 2.57. The number of hydrogen-bond donors (Lipinski definition) is 3. The quantitative estimate of drug-likeness (QED) is 0.617. The van der Waals surface area contributed by atoms with Crippen molar-refractivity contribution in [2.75, 3.05) is 0 Å². The lowest BCUT2D eigenvalue weighted by atomic mass is 9.73. The molecule has 0 bridgehead atoms. The molecular formula is C18H24O6. The molecule has 1 aromatic carbocycles. The van der Waals surface area contributed by atoms with Crippen LogP contribution in [0.4, 0.5) is 0 Å². The van der Waals surface area contributed by atoms with Gasteiger partial charge in [-0.05, 0) is 38.3 Å². The summed E-state index contributed by atoms with van der Waals surface area (Å²) in [6.07, 6.45) is -4.48.